The number of nitrogens with two attached hydrogens (primary N) is 1. The van der Waals surface area contributed by atoms with Gasteiger partial charge in [0.1, 0.15) is 5.75 Å². The molecule has 1 heterocycles. The first-order valence-corrected chi connectivity index (χ1v) is 7.86. The number of nitrogens with zero attached hydrogens (tertiary/aromatic N) is 1. The van der Waals surface area contributed by atoms with E-state index < -0.39 is 6.10 Å². The van der Waals surface area contributed by atoms with Gasteiger partial charge >= 0.3 is 0 Å². The van der Waals surface area contributed by atoms with Crippen LogP contribution in [-0.2, 0) is 4.79 Å². The fourth-order valence-corrected chi connectivity index (χ4v) is 2.99. The van der Waals surface area contributed by atoms with E-state index in [2.05, 4.69) is 6.92 Å². The molecular weight excluding hydrogens is 288 g/mol. The minimum absolute atomic E-state index is 0.0286. The summed E-state index contributed by atoms with van der Waals surface area (Å²) in [6.45, 7) is 5.35. The Bertz CT molecular complexity index is 495. The number of benzene rings is 1. The molecule has 1 fully saturated rings. The summed E-state index contributed by atoms with van der Waals surface area (Å²) in [5.74, 6) is 0.976. The van der Waals surface area contributed by atoms with Gasteiger partial charge in [0.2, 0.25) is 0 Å². The van der Waals surface area contributed by atoms with Gasteiger partial charge in [0.15, 0.2) is 6.10 Å². The third kappa shape index (κ3) is 3.69. The molecule has 0 saturated carbocycles. The van der Waals surface area contributed by atoms with E-state index in [0.717, 1.165) is 13.0 Å². The van der Waals surface area contributed by atoms with Gasteiger partial charge in [0, 0.05) is 12.6 Å². The lowest BCUT2D eigenvalue weighted by Gasteiger charge is -2.27. The van der Waals surface area contributed by atoms with Crippen LogP contribution in [0.25, 0.3) is 0 Å². The van der Waals surface area contributed by atoms with Crippen LogP contribution in [0.5, 0.6) is 5.75 Å². The second kappa shape index (κ2) is 7.14. The van der Waals surface area contributed by atoms with Gasteiger partial charge in [-0.3, -0.25) is 4.79 Å². The monoisotopic (exact) mass is 310 g/mol. The van der Waals surface area contributed by atoms with Crippen molar-refractivity contribution in [2.45, 2.75) is 38.8 Å². The SMILES string of the molecule is CCC(Oc1ccccc1Cl)C(=O)N1CC(CN)CC1C. The lowest BCUT2D eigenvalue weighted by molar-refractivity contribution is -0.139. The van der Waals surface area contributed by atoms with Crippen molar-refractivity contribution in [2.24, 2.45) is 11.7 Å². The molecule has 1 aromatic rings. The molecule has 3 unspecified atom stereocenters. The highest BCUT2D eigenvalue weighted by Gasteiger charge is 2.35. The average Bonchev–Trinajstić information content (AvgIpc) is 2.87. The van der Waals surface area contributed by atoms with Crippen LogP contribution in [0.2, 0.25) is 5.02 Å². The normalized spacial score (nSPS) is 23.1. The molecule has 1 amide bonds. The summed E-state index contributed by atoms with van der Waals surface area (Å²) >= 11 is 6.10. The summed E-state index contributed by atoms with van der Waals surface area (Å²) in [6, 6.07) is 7.45. The molecule has 1 saturated heterocycles. The Kier molecular flexibility index (Phi) is 5.48. The van der Waals surface area contributed by atoms with Crippen LogP contribution in [0.15, 0.2) is 24.3 Å². The predicted molar refractivity (Wildman–Crippen MR) is 84.5 cm³/mol. The smallest absolute Gasteiger partial charge is 0.263 e. The van der Waals surface area contributed by atoms with Gasteiger partial charge < -0.3 is 15.4 Å². The first kappa shape index (κ1) is 16.1. The van der Waals surface area contributed by atoms with Crippen molar-refractivity contribution in [3.05, 3.63) is 29.3 Å². The second-order valence-electron chi connectivity index (χ2n) is 5.62. The molecule has 0 aliphatic carbocycles. The zero-order valence-electron chi connectivity index (χ0n) is 12.6. The van der Waals surface area contributed by atoms with Gasteiger partial charge in [-0.05, 0) is 44.4 Å². The van der Waals surface area contributed by atoms with E-state index in [4.69, 9.17) is 22.1 Å². The largest absolute Gasteiger partial charge is 0.479 e. The Morgan fingerprint density at radius 3 is 2.81 bits per heavy atom. The van der Waals surface area contributed by atoms with Crippen molar-refractivity contribution in [3.63, 3.8) is 0 Å². The number of amides is 1. The Morgan fingerprint density at radius 1 is 1.52 bits per heavy atom. The molecule has 2 rings (SSSR count). The standard InChI is InChI=1S/C16H23ClN2O2/c1-3-14(21-15-7-5-4-6-13(15)17)16(20)19-10-12(9-18)8-11(19)2/h4-7,11-12,14H,3,8-10,18H2,1-2H3. The number of rotatable bonds is 5. The molecule has 116 valence electrons. The second-order valence-corrected chi connectivity index (χ2v) is 6.03. The maximum atomic E-state index is 12.7. The quantitative estimate of drug-likeness (QED) is 0.909. The molecule has 0 spiro atoms. The third-order valence-electron chi connectivity index (χ3n) is 4.03. The molecule has 0 radical (unpaired) electrons. The first-order chi connectivity index (χ1) is 10.1. The molecule has 1 aromatic carbocycles. The van der Waals surface area contributed by atoms with Gasteiger partial charge in [0.05, 0.1) is 5.02 Å². The molecule has 3 atom stereocenters. The fourth-order valence-electron chi connectivity index (χ4n) is 2.81. The van der Waals surface area contributed by atoms with Crippen molar-refractivity contribution in [3.8, 4) is 5.75 Å². The number of ether oxygens (including phenoxy) is 1. The zero-order chi connectivity index (χ0) is 15.4. The number of hydrogen-bond acceptors (Lipinski definition) is 3. The zero-order valence-corrected chi connectivity index (χ0v) is 13.3. The molecule has 1 aliphatic heterocycles. The Labute approximate surface area is 131 Å². The van der Waals surface area contributed by atoms with Crippen LogP contribution >= 0.6 is 11.6 Å². The Hall–Kier alpha value is -1.26. The van der Waals surface area contributed by atoms with Gasteiger partial charge in [-0.25, -0.2) is 0 Å². The van der Waals surface area contributed by atoms with Crippen LogP contribution in [0.1, 0.15) is 26.7 Å². The molecular formula is C16H23ClN2O2. The fraction of sp³-hybridized carbons (Fsp3) is 0.562. The number of hydrogen-bond donors (Lipinski definition) is 1. The maximum absolute atomic E-state index is 12.7. The number of halogens is 1. The summed E-state index contributed by atoms with van der Waals surface area (Å²) in [6.07, 6.45) is 1.08. The summed E-state index contributed by atoms with van der Waals surface area (Å²) in [7, 11) is 0. The van der Waals surface area contributed by atoms with Gasteiger partial charge in [-0.2, -0.15) is 0 Å². The Balaban J connectivity index is 2.07. The van der Waals surface area contributed by atoms with Crippen LogP contribution in [-0.4, -0.2) is 36.0 Å². The number of likely N-dealkylation sites (tertiary alicyclic amines) is 1. The van der Waals surface area contributed by atoms with E-state index in [1.165, 1.54) is 0 Å². The molecule has 4 nitrogen and oxygen atoms in total. The minimum Gasteiger partial charge on any atom is -0.479 e. The van der Waals surface area contributed by atoms with E-state index in [1.54, 1.807) is 12.1 Å². The highest BCUT2D eigenvalue weighted by molar-refractivity contribution is 6.32. The summed E-state index contributed by atoms with van der Waals surface area (Å²) in [5, 5.41) is 0.526. The molecule has 0 bridgehead atoms. The maximum Gasteiger partial charge on any atom is 0.263 e. The minimum atomic E-state index is -0.496. The lowest BCUT2D eigenvalue weighted by Crippen LogP contribution is -2.43. The van der Waals surface area contributed by atoms with Crippen LogP contribution in [0.4, 0.5) is 0 Å². The van der Waals surface area contributed by atoms with Crippen molar-refractivity contribution < 1.29 is 9.53 Å². The molecule has 0 aromatic heterocycles. The summed E-state index contributed by atoms with van der Waals surface area (Å²) < 4.78 is 5.83. The van der Waals surface area contributed by atoms with Gasteiger partial charge in [-0.15, -0.1) is 0 Å². The Morgan fingerprint density at radius 2 is 2.24 bits per heavy atom. The predicted octanol–water partition coefficient (Wildman–Crippen LogP) is 2.69. The van der Waals surface area contributed by atoms with Crippen molar-refractivity contribution >= 4 is 17.5 Å². The lowest BCUT2D eigenvalue weighted by atomic mass is 10.1. The third-order valence-corrected chi connectivity index (χ3v) is 4.34. The van der Waals surface area contributed by atoms with Crippen molar-refractivity contribution in [1.29, 1.82) is 0 Å². The molecule has 2 N–H and O–H groups in total. The van der Waals surface area contributed by atoms with E-state index in [1.807, 2.05) is 24.0 Å². The average molecular weight is 311 g/mol. The van der Waals surface area contributed by atoms with E-state index in [9.17, 15) is 4.79 Å². The number of carbonyl (C=O) groups excluding carboxylic acids is 1. The van der Waals surface area contributed by atoms with Crippen LogP contribution < -0.4 is 10.5 Å². The first-order valence-electron chi connectivity index (χ1n) is 7.48. The molecule has 21 heavy (non-hydrogen) atoms. The van der Waals surface area contributed by atoms with E-state index in [0.29, 0.717) is 29.7 Å². The van der Waals surface area contributed by atoms with Crippen molar-refractivity contribution in [2.75, 3.05) is 13.1 Å². The van der Waals surface area contributed by atoms with Gasteiger partial charge in [0.25, 0.3) is 5.91 Å². The highest BCUT2D eigenvalue weighted by atomic mass is 35.5. The van der Waals surface area contributed by atoms with Crippen LogP contribution in [0, 0.1) is 5.92 Å². The molecule has 1 aliphatic rings. The summed E-state index contributed by atoms with van der Waals surface area (Å²) in [4.78, 5) is 14.6. The van der Waals surface area contributed by atoms with Crippen LogP contribution in [0.3, 0.4) is 0 Å². The number of para-hydroxylation sites is 1. The van der Waals surface area contributed by atoms with E-state index >= 15 is 0 Å². The van der Waals surface area contributed by atoms with Crippen molar-refractivity contribution in [1.82, 2.24) is 4.90 Å². The molecule has 5 heteroatoms. The highest BCUT2D eigenvalue weighted by Crippen LogP contribution is 2.27. The topological polar surface area (TPSA) is 55.6 Å². The summed E-state index contributed by atoms with van der Waals surface area (Å²) in [5.41, 5.74) is 5.72. The number of carbonyl (C=O) groups is 1. The van der Waals surface area contributed by atoms with E-state index in [-0.39, 0.29) is 11.9 Å². The van der Waals surface area contributed by atoms with Gasteiger partial charge in [-0.1, -0.05) is 30.7 Å².